The summed E-state index contributed by atoms with van der Waals surface area (Å²) in [6.07, 6.45) is 1.43. The standard InChI is InChI=1S/C14H13FN2O3S2/c1-2-20-12(18)8-16-17-13(19)11(22-14(17)21)7-9-5-3-4-6-10(9)15/h3-7,16H,2,8H2,1H3/b11-7+. The monoisotopic (exact) mass is 340 g/mol. The lowest BCUT2D eigenvalue weighted by Gasteiger charge is -2.14. The fourth-order valence-electron chi connectivity index (χ4n) is 1.69. The number of hydrogen-bond acceptors (Lipinski definition) is 6. The number of amides is 1. The summed E-state index contributed by atoms with van der Waals surface area (Å²) in [5.74, 6) is -1.34. The number of rotatable bonds is 5. The zero-order chi connectivity index (χ0) is 16.1. The predicted octanol–water partition coefficient (Wildman–Crippen LogP) is 2.09. The van der Waals surface area contributed by atoms with Crippen molar-refractivity contribution in [3.8, 4) is 0 Å². The first-order valence-corrected chi connectivity index (χ1v) is 7.67. The Bertz CT molecular complexity index is 649. The van der Waals surface area contributed by atoms with E-state index in [1.54, 1.807) is 25.1 Å². The van der Waals surface area contributed by atoms with Gasteiger partial charge in [-0.05, 0) is 19.1 Å². The Labute approximate surface area is 136 Å². The molecule has 1 aromatic rings. The van der Waals surface area contributed by atoms with Gasteiger partial charge in [-0.2, -0.15) is 0 Å². The number of carbonyl (C=O) groups excluding carboxylic acids is 2. The molecule has 1 aromatic carbocycles. The molecule has 0 radical (unpaired) electrons. The molecule has 8 heteroatoms. The zero-order valence-electron chi connectivity index (χ0n) is 11.7. The van der Waals surface area contributed by atoms with Gasteiger partial charge < -0.3 is 4.74 Å². The Morgan fingerprint density at radius 2 is 2.23 bits per heavy atom. The number of halogens is 1. The molecule has 1 aliphatic rings. The molecule has 1 aliphatic heterocycles. The molecule has 1 N–H and O–H groups in total. The average molecular weight is 340 g/mol. The highest BCUT2D eigenvalue weighted by Crippen LogP contribution is 2.31. The first-order valence-electron chi connectivity index (χ1n) is 6.44. The number of thiocarbonyl (C=S) groups is 1. The maximum Gasteiger partial charge on any atom is 0.321 e. The van der Waals surface area contributed by atoms with Gasteiger partial charge in [0.1, 0.15) is 12.4 Å². The van der Waals surface area contributed by atoms with Crippen molar-refractivity contribution in [3.63, 3.8) is 0 Å². The van der Waals surface area contributed by atoms with Gasteiger partial charge in [-0.3, -0.25) is 9.59 Å². The Balaban J connectivity index is 2.09. The van der Waals surface area contributed by atoms with Crippen LogP contribution in [0.2, 0.25) is 0 Å². The van der Waals surface area contributed by atoms with Crippen LogP contribution < -0.4 is 5.43 Å². The number of hydrazine groups is 1. The van der Waals surface area contributed by atoms with Gasteiger partial charge in [0.05, 0.1) is 11.5 Å². The van der Waals surface area contributed by atoms with Crippen LogP contribution in [-0.4, -0.2) is 34.4 Å². The summed E-state index contributed by atoms with van der Waals surface area (Å²) < 4.78 is 18.6. The summed E-state index contributed by atoms with van der Waals surface area (Å²) in [4.78, 5) is 23.8. The molecule has 22 heavy (non-hydrogen) atoms. The summed E-state index contributed by atoms with van der Waals surface area (Å²) in [6.45, 7) is 1.77. The van der Waals surface area contributed by atoms with Crippen LogP contribution in [0.3, 0.4) is 0 Å². The minimum absolute atomic E-state index is 0.173. The van der Waals surface area contributed by atoms with Crippen LogP contribution in [0.5, 0.6) is 0 Å². The number of carbonyl (C=O) groups is 2. The third-order valence-electron chi connectivity index (χ3n) is 2.67. The molecule has 0 saturated carbocycles. The number of benzene rings is 1. The number of ether oxygens (including phenoxy) is 1. The first kappa shape index (κ1) is 16.6. The molecule has 5 nitrogen and oxygen atoms in total. The van der Waals surface area contributed by atoms with Crippen molar-refractivity contribution >= 4 is 46.3 Å². The number of thioether (sulfide) groups is 1. The topological polar surface area (TPSA) is 58.6 Å². The highest BCUT2D eigenvalue weighted by atomic mass is 32.2. The van der Waals surface area contributed by atoms with Gasteiger partial charge >= 0.3 is 5.97 Å². The van der Waals surface area contributed by atoms with Crippen molar-refractivity contribution < 1.29 is 18.7 Å². The Kier molecular flexibility index (Phi) is 5.64. The van der Waals surface area contributed by atoms with Crippen molar-refractivity contribution in [3.05, 3.63) is 40.6 Å². The molecule has 0 spiro atoms. The number of nitrogens with zero attached hydrogens (tertiary/aromatic N) is 1. The summed E-state index contributed by atoms with van der Waals surface area (Å²) >= 11 is 6.12. The summed E-state index contributed by atoms with van der Waals surface area (Å²) in [5.41, 5.74) is 2.91. The smallest absolute Gasteiger partial charge is 0.321 e. The SMILES string of the molecule is CCOC(=O)CNN1C(=O)/C(=C\c2ccccc2F)SC1=S. The molecular weight excluding hydrogens is 327 g/mol. The number of hydrogen-bond donors (Lipinski definition) is 1. The Hall–Kier alpha value is -1.77. The van der Waals surface area contributed by atoms with E-state index in [9.17, 15) is 14.0 Å². The van der Waals surface area contributed by atoms with Gasteiger partial charge in [0.15, 0.2) is 4.32 Å². The number of nitrogens with one attached hydrogen (secondary N) is 1. The van der Waals surface area contributed by atoms with Crippen LogP contribution in [-0.2, 0) is 14.3 Å². The molecule has 1 saturated heterocycles. The molecule has 1 fully saturated rings. The van der Waals surface area contributed by atoms with E-state index in [0.717, 1.165) is 16.8 Å². The zero-order valence-corrected chi connectivity index (χ0v) is 13.3. The van der Waals surface area contributed by atoms with Crippen LogP contribution in [0.25, 0.3) is 6.08 Å². The van der Waals surface area contributed by atoms with E-state index < -0.39 is 17.7 Å². The highest BCUT2D eigenvalue weighted by molar-refractivity contribution is 8.26. The van der Waals surface area contributed by atoms with Gasteiger partial charge in [0.2, 0.25) is 0 Å². The van der Waals surface area contributed by atoms with Crippen LogP contribution in [0.15, 0.2) is 29.2 Å². The Morgan fingerprint density at radius 1 is 1.50 bits per heavy atom. The fourth-order valence-corrected chi connectivity index (χ4v) is 2.90. The van der Waals surface area contributed by atoms with Gasteiger partial charge in [-0.1, -0.05) is 42.2 Å². The van der Waals surface area contributed by atoms with Gasteiger partial charge in [-0.25, -0.2) is 14.8 Å². The average Bonchev–Trinajstić information content (AvgIpc) is 2.74. The van der Waals surface area contributed by atoms with E-state index in [1.807, 2.05) is 0 Å². The van der Waals surface area contributed by atoms with Gasteiger partial charge in [-0.15, -0.1) is 0 Å². The largest absolute Gasteiger partial charge is 0.465 e. The normalized spacial score (nSPS) is 16.5. The van der Waals surface area contributed by atoms with E-state index in [-0.39, 0.29) is 22.4 Å². The Morgan fingerprint density at radius 3 is 2.91 bits per heavy atom. The third kappa shape index (κ3) is 3.90. The number of esters is 1. The second-order valence-corrected chi connectivity index (χ2v) is 5.85. The van der Waals surface area contributed by atoms with Crippen molar-refractivity contribution in [1.29, 1.82) is 0 Å². The second kappa shape index (κ2) is 7.48. The van der Waals surface area contributed by atoms with Crippen LogP contribution in [0, 0.1) is 5.82 Å². The van der Waals surface area contributed by atoms with Crippen LogP contribution in [0.1, 0.15) is 12.5 Å². The van der Waals surface area contributed by atoms with Gasteiger partial charge in [0, 0.05) is 5.56 Å². The molecule has 1 heterocycles. The van der Waals surface area contributed by atoms with E-state index in [1.165, 1.54) is 12.1 Å². The van der Waals surface area contributed by atoms with Crippen molar-refractivity contribution in [2.24, 2.45) is 0 Å². The van der Waals surface area contributed by atoms with Crippen molar-refractivity contribution in [1.82, 2.24) is 10.4 Å². The minimum Gasteiger partial charge on any atom is -0.465 e. The second-order valence-electron chi connectivity index (χ2n) is 4.18. The van der Waals surface area contributed by atoms with Crippen molar-refractivity contribution in [2.75, 3.05) is 13.2 Å². The van der Waals surface area contributed by atoms with Crippen LogP contribution >= 0.6 is 24.0 Å². The lowest BCUT2D eigenvalue weighted by molar-refractivity contribution is -0.143. The van der Waals surface area contributed by atoms with Crippen molar-refractivity contribution in [2.45, 2.75) is 6.92 Å². The molecular formula is C14H13FN2O3S2. The molecule has 0 aliphatic carbocycles. The van der Waals surface area contributed by atoms with E-state index >= 15 is 0 Å². The molecule has 0 atom stereocenters. The molecule has 1 amide bonds. The molecule has 0 bridgehead atoms. The first-order chi connectivity index (χ1) is 10.5. The van der Waals surface area contributed by atoms with E-state index in [2.05, 4.69) is 5.43 Å². The third-order valence-corrected chi connectivity index (χ3v) is 3.97. The summed E-state index contributed by atoms with van der Waals surface area (Å²) in [6, 6.07) is 6.12. The van der Waals surface area contributed by atoms with Gasteiger partial charge in [0.25, 0.3) is 5.91 Å². The summed E-state index contributed by atoms with van der Waals surface area (Å²) in [7, 11) is 0. The molecule has 116 valence electrons. The van der Waals surface area contributed by atoms with Crippen LogP contribution in [0.4, 0.5) is 4.39 Å². The summed E-state index contributed by atoms with van der Waals surface area (Å²) in [5, 5.41) is 1.09. The minimum atomic E-state index is -0.491. The highest BCUT2D eigenvalue weighted by Gasteiger charge is 2.32. The predicted molar refractivity (Wildman–Crippen MR) is 86.0 cm³/mol. The molecule has 0 unspecified atom stereocenters. The molecule has 2 rings (SSSR count). The van der Waals surface area contributed by atoms with E-state index in [0.29, 0.717) is 5.56 Å². The quantitative estimate of drug-likeness (QED) is 0.503. The van der Waals surface area contributed by atoms with E-state index in [4.69, 9.17) is 17.0 Å². The lowest BCUT2D eigenvalue weighted by atomic mass is 10.2. The maximum atomic E-state index is 13.6. The maximum absolute atomic E-state index is 13.6. The fraction of sp³-hybridized carbons (Fsp3) is 0.214. The molecule has 0 aromatic heterocycles. The lowest BCUT2D eigenvalue weighted by Crippen LogP contribution is -2.44.